The third kappa shape index (κ3) is 9.45. The first-order valence-electron chi connectivity index (χ1n) is 15.5. The molecule has 4 rings (SSSR count). The molecule has 0 aliphatic carbocycles. The zero-order valence-electron chi connectivity index (χ0n) is 27.6. The number of piperidine rings is 1. The van der Waals surface area contributed by atoms with Gasteiger partial charge in [-0.15, -0.1) is 0 Å². The zero-order chi connectivity index (χ0) is 33.6. The van der Waals surface area contributed by atoms with Gasteiger partial charge in [-0.1, -0.05) is 42.5 Å². The van der Waals surface area contributed by atoms with Crippen molar-refractivity contribution in [3.05, 3.63) is 77.4 Å². The summed E-state index contributed by atoms with van der Waals surface area (Å²) < 4.78 is 22.3. The molecular weight excluding hydrogens is 586 g/mol. The Hall–Kier alpha value is -4.60. The van der Waals surface area contributed by atoms with Crippen LogP contribution >= 0.6 is 0 Å². The van der Waals surface area contributed by atoms with Gasteiger partial charge in [-0.3, -0.25) is 15.0 Å². The van der Waals surface area contributed by atoms with Crippen molar-refractivity contribution in [1.29, 1.82) is 5.41 Å². The Balaban J connectivity index is 1.47. The molecule has 0 radical (unpaired) electrons. The van der Waals surface area contributed by atoms with Crippen LogP contribution in [-0.4, -0.2) is 60.4 Å². The SMILES string of the molecule is CC(C)(C)OC(=O)N1CCC(Oc2ccc(C(Cc3ccc4ccc(C(=N)N)cc4c3)C(=O)OCOC(=O)C(C)(C)C)cc2)CC1. The molecule has 46 heavy (non-hydrogen) atoms. The Labute approximate surface area is 270 Å². The number of esters is 2. The molecule has 3 N–H and O–H groups in total. The fourth-order valence-corrected chi connectivity index (χ4v) is 5.08. The van der Waals surface area contributed by atoms with Crippen LogP contribution in [0.5, 0.6) is 5.75 Å². The number of hydrogen-bond acceptors (Lipinski definition) is 8. The van der Waals surface area contributed by atoms with Gasteiger partial charge in [0.15, 0.2) is 0 Å². The van der Waals surface area contributed by atoms with Gasteiger partial charge in [0.25, 0.3) is 0 Å². The summed E-state index contributed by atoms with van der Waals surface area (Å²) in [5.74, 6) is -1.04. The standard InChI is InChI=1S/C36H45N3O7/c1-35(2,3)33(41)44-22-43-32(40)30(20-23-7-8-24-9-10-26(31(37)38)21-27(24)19-23)25-11-13-28(14-12-25)45-29-15-17-39(18-16-29)34(42)46-36(4,5)6/h7-14,19,21,29-30H,15-18,20,22H2,1-6H3,(H3,37,38). The van der Waals surface area contributed by atoms with Crippen LogP contribution in [0.3, 0.4) is 0 Å². The number of nitrogens with zero attached hydrogens (tertiary/aromatic N) is 1. The average Bonchev–Trinajstić information content (AvgIpc) is 2.98. The minimum atomic E-state index is -0.724. The van der Waals surface area contributed by atoms with Crippen LogP contribution in [0.4, 0.5) is 4.79 Å². The van der Waals surface area contributed by atoms with Crippen molar-refractivity contribution in [3.8, 4) is 5.75 Å². The molecule has 3 aromatic rings. The van der Waals surface area contributed by atoms with Crippen LogP contribution < -0.4 is 10.5 Å². The highest BCUT2D eigenvalue weighted by atomic mass is 16.7. The van der Waals surface area contributed by atoms with Gasteiger partial charge in [-0.25, -0.2) is 4.79 Å². The fourth-order valence-electron chi connectivity index (χ4n) is 5.08. The number of fused-ring (bicyclic) bond motifs is 1. The molecule has 1 aliphatic heterocycles. The molecule has 246 valence electrons. The molecule has 10 nitrogen and oxygen atoms in total. The van der Waals surface area contributed by atoms with Crippen LogP contribution in [0.1, 0.15) is 77.0 Å². The summed E-state index contributed by atoms with van der Waals surface area (Å²) >= 11 is 0. The smallest absolute Gasteiger partial charge is 0.410 e. The van der Waals surface area contributed by atoms with Crippen molar-refractivity contribution in [3.63, 3.8) is 0 Å². The Morgan fingerprint density at radius 1 is 0.891 bits per heavy atom. The van der Waals surface area contributed by atoms with Gasteiger partial charge in [0.05, 0.1) is 11.3 Å². The van der Waals surface area contributed by atoms with E-state index in [1.54, 1.807) is 31.7 Å². The van der Waals surface area contributed by atoms with Gasteiger partial charge < -0.3 is 29.6 Å². The molecule has 0 bridgehead atoms. The van der Waals surface area contributed by atoms with Gasteiger partial charge in [-0.2, -0.15) is 0 Å². The third-order valence-electron chi connectivity index (χ3n) is 7.62. The lowest BCUT2D eigenvalue weighted by Crippen LogP contribution is -2.44. The van der Waals surface area contributed by atoms with Gasteiger partial charge in [0, 0.05) is 31.5 Å². The van der Waals surface area contributed by atoms with Crippen LogP contribution in [0, 0.1) is 10.8 Å². The molecule has 10 heteroatoms. The van der Waals surface area contributed by atoms with E-state index in [4.69, 9.17) is 30.1 Å². The number of likely N-dealkylation sites (tertiary alicyclic amines) is 1. The highest BCUT2D eigenvalue weighted by molar-refractivity contribution is 5.99. The number of ether oxygens (including phenoxy) is 4. The van der Waals surface area contributed by atoms with E-state index in [2.05, 4.69) is 0 Å². The quantitative estimate of drug-likeness (QED) is 0.121. The van der Waals surface area contributed by atoms with Crippen molar-refractivity contribution < 1.29 is 33.3 Å². The second kappa shape index (κ2) is 14.2. The van der Waals surface area contributed by atoms with Crippen LogP contribution in [-0.2, 0) is 30.2 Å². The zero-order valence-corrected chi connectivity index (χ0v) is 27.6. The molecule has 1 saturated heterocycles. The minimum absolute atomic E-state index is 0.0190. The molecule has 1 atom stereocenters. The predicted molar refractivity (Wildman–Crippen MR) is 176 cm³/mol. The van der Waals surface area contributed by atoms with Crippen LogP contribution in [0.15, 0.2) is 60.7 Å². The fraction of sp³-hybridized carbons (Fsp3) is 0.444. The second-order valence-electron chi connectivity index (χ2n) is 13.7. The van der Waals surface area contributed by atoms with Crippen LogP contribution in [0.25, 0.3) is 10.8 Å². The molecule has 1 amide bonds. The maximum atomic E-state index is 13.4. The Morgan fingerprint density at radius 3 is 2.15 bits per heavy atom. The van der Waals surface area contributed by atoms with Crippen LogP contribution in [0.2, 0.25) is 0 Å². The maximum Gasteiger partial charge on any atom is 0.410 e. The second-order valence-corrected chi connectivity index (χ2v) is 13.7. The first-order chi connectivity index (χ1) is 21.6. The Morgan fingerprint density at radius 2 is 1.54 bits per heavy atom. The number of nitrogen functional groups attached to an aromatic ring is 1. The van der Waals surface area contributed by atoms with E-state index < -0.39 is 35.7 Å². The average molecular weight is 632 g/mol. The minimum Gasteiger partial charge on any atom is -0.490 e. The number of nitrogens with one attached hydrogen (secondary N) is 1. The van der Waals surface area contributed by atoms with Crippen molar-refractivity contribution >= 4 is 34.6 Å². The number of nitrogens with two attached hydrogens (primary N) is 1. The third-order valence-corrected chi connectivity index (χ3v) is 7.62. The lowest BCUT2D eigenvalue weighted by atomic mass is 9.91. The number of benzene rings is 3. The van der Waals surface area contributed by atoms with Gasteiger partial charge in [0.2, 0.25) is 6.79 Å². The summed E-state index contributed by atoms with van der Waals surface area (Å²) in [6.45, 7) is 11.3. The molecule has 1 aliphatic rings. The molecular formula is C36H45N3O7. The number of carbonyl (C=O) groups excluding carboxylic acids is 3. The molecule has 1 unspecified atom stereocenters. The highest BCUT2D eigenvalue weighted by Crippen LogP contribution is 2.29. The monoisotopic (exact) mass is 631 g/mol. The summed E-state index contributed by atoms with van der Waals surface area (Å²) in [5, 5.41) is 9.67. The largest absolute Gasteiger partial charge is 0.490 e. The van der Waals surface area contributed by atoms with Gasteiger partial charge in [-0.05, 0) is 88.1 Å². The lowest BCUT2D eigenvalue weighted by Gasteiger charge is -2.33. The summed E-state index contributed by atoms with van der Waals surface area (Å²) in [6, 6.07) is 18.8. The van der Waals surface area contributed by atoms with Gasteiger partial charge in [0.1, 0.15) is 23.3 Å². The van der Waals surface area contributed by atoms with E-state index in [1.165, 1.54) is 0 Å². The van der Waals surface area contributed by atoms with E-state index in [0.29, 0.717) is 43.7 Å². The summed E-state index contributed by atoms with van der Waals surface area (Å²) in [5.41, 5.74) is 6.66. The molecule has 0 saturated carbocycles. The maximum absolute atomic E-state index is 13.4. The number of hydrogen-bond donors (Lipinski definition) is 2. The Bertz CT molecular complexity index is 1560. The number of rotatable bonds is 9. The van der Waals surface area contributed by atoms with E-state index in [9.17, 15) is 14.4 Å². The van der Waals surface area contributed by atoms with E-state index in [0.717, 1.165) is 21.9 Å². The molecule has 0 spiro atoms. The topological polar surface area (TPSA) is 141 Å². The molecule has 3 aromatic carbocycles. The van der Waals surface area contributed by atoms with Crippen molar-refractivity contribution in [2.45, 2.75) is 78.4 Å². The molecule has 0 aromatic heterocycles. The normalized spacial score (nSPS) is 14.8. The molecule has 1 fully saturated rings. The number of amidine groups is 1. The van der Waals surface area contributed by atoms with E-state index in [-0.39, 0.29) is 18.0 Å². The predicted octanol–water partition coefficient (Wildman–Crippen LogP) is 6.32. The van der Waals surface area contributed by atoms with Gasteiger partial charge >= 0.3 is 18.0 Å². The van der Waals surface area contributed by atoms with Crippen molar-refractivity contribution in [1.82, 2.24) is 4.90 Å². The first kappa shape index (κ1) is 34.3. The van der Waals surface area contributed by atoms with Crippen molar-refractivity contribution in [2.24, 2.45) is 11.1 Å². The van der Waals surface area contributed by atoms with Crippen molar-refractivity contribution in [2.75, 3.05) is 19.9 Å². The highest BCUT2D eigenvalue weighted by Gasteiger charge is 2.29. The Kier molecular flexibility index (Phi) is 10.6. The number of amides is 1. The first-order valence-corrected chi connectivity index (χ1v) is 15.5. The molecule has 1 heterocycles. The van der Waals surface area contributed by atoms with E-state index >= 15 is 0 Å². The summed E-state index contributed by atoms with van der Waals surface area (Å²) in [4.78, 5) is 39.7. The lowest BCUT2D eigenvalue weighted by molar-refractivity contribution is -0.174. The van der Waals surface area contributed by atoms with E-state index in [1.807, 2.05) is 75.4 Å². The summed E-state index contributed by atoms with van der Waals surface area (Å²) in [7, 11) is 0. The summed E-state index contributed by atoms with van der Waals surface area (Å²) in [6.07, 6.45) is 1.32. The number of carbonyl (C=O) groups is 3.